The van der Waals surface area contributed by atoms with Crippen molar-refractivity contribution >= 4 is 17.8 Å². The van der Waals surface area contributed by atoms with Crippen LogP contribution in [0.1, 0.15) is 155 Å². The number of nitrogens with one attached hydrogen (secondary N) is 1. The second-order valence-corrected chi connectivity index (χ2v) is 11.2. The van der Waals surface area contributed by atoms with Crippen molar-refractivity contribution in [2.24, 2.45) is 5.73 Å². The summed E-state index contributed by atoms with van der Waals surface area (Å²) in [4.78, 5) is 35.9. The van der Waals surface area contributed by atoms with Crippen LogP contribution in [0.5, 0.6) is 0 Å². The van der Waals surface area contributed by atoms with Gasteiger partial charge in [-0.2, -0.15) is 0 Å². The van der Waals surface area contributed by atoms with Crippen molar-refractivity contribution in [2.75, 3.05) is 6.54 Å². The van der Waals surface area contributed by atoms with Crippen LogP contribution in [0, 0.1) is 0 Å². The molecule has 0 saturated carbocycles. The smallest absolute Gasteiger partial charge is 0.326 e. The van der Waals surface area contributed by atoms with Crippen LogP contribution in [-0.4, -0.2) is 41.6 Å². The van der Waals surface area contributed by atoms with Crippen LogP contribution in [-0.2, 0) is 19.1 Å². The van der Waals surface area contributed by atoms with Gasteiger partial charge in [-0.1, -0.05) is 89.5 Å². The molecule has 0 aliphatic heterocycles. The highest BCUT2D eigenvalue weighted by Gasteiger charge is 2.19. The minimum absolute atomic E-state index is 0.0520. The Bertz CT molecular complexity index is 707. The summed E-state index contributed by atoms with van der Waals surface area (Å²) in [7, 11) is 0. The van der Waals surface area contributed by atoms with Crippen molar-refractivity contribution in [3.05, 3.63) is 24.3 Å². The predicted molar refractivity (Wildman–Crippen MR) is 170 cm³/mol. The lowest BCUT2D eigenvalue weighted by atomic mass is 10.0. The van der Waals surface area contributed by atoms with Gasteiger partial charge < -0.3 is 20.9 Å². The topological polar surface area (TPSA) is 119 Å². The Hall–Kier alpha value is -2.15. The van der Waals surface area contributed by atoms with Gasteiger partial charge in [-0.15, -0.1) is 0 Å². The van der Waals surface area contributed by atoms with E-state index in [2.05, 4.69) is 43.5 Å². The Labute approximate surface area is 251 Å². The molecule has 0 bridgehead atoms. The van der Waals surface area contributed by atoms with Gasteiger partial charge >= 0.3 is 11.9 Å². The number of nitrogens with two attached hydrogens (primary N) is 1. The van der Waals surface area contributed by atoms with Gasteiger partial charge in [0.2, 0.25) is 5.91 Å². The predicted octanol–water partition coefficient (Wildman–Crippen LogP) is 8.16. The number of carboxylic acids is 1. The van der Waals surface area contributed by atoms with Gasteiger partial charge in [0.15, 0.2) is 0 Å². The zero-order valence-electron chi connectivity index (χ0n) is 26.4. The molecule has 0 rings (SSSR count). The number of esters is 1. The van der Waals surface area contributed by atoms with E-state index in [4.69, 9.17) is 10.5 Å². The molecule has 0 aliphatic rings. The molecule has 0 spiro atoms. The molecule has 0 aromatic carbocycles. The molecule has 0 saturated heterocycles. The molecule has 41 heavy (non-hydrogen) atoms. The largest absolute Gasteiger partial charge is 0.480 e. The first-order chi connectivity index (χ1) is 19.9. The van der Waals surface area contributed by atoms with E-state index in [-0.39, 0.29) is 18.0 Å². The van der Waals surface area contributed by atoms with Crippen molar-refractivity contribution < 1.29 is 24.2 Å². The minimum Gasteiger partial charge on any atom is -0.480 e. The number of hydrogen-bond donors (Lipinski definition) is 3. The summed E-state index contributed by atoms with van der Waals surface area (Å²) in [6.07, 6.45) is 29.6. The first-order valence-electron chi connectivity index (χ1n) is 16.7. The Balaban J connectivity index is 4.07. The van der Waals surface area contributed by atoms with Crippen LogP contribution in [0.2, 0.25) is 0 Å². The molecule has 0 aromatic heterocycles. The lowest BCUT2D eigenvalue weighted by Crippen LogP contribution is -2.40. The third-order valence-electron chi connectivity index (χ3n) is 7.27. The van der Waals surface area contributed by atoms with Gasteiger partial charge in [0.05, 0.1) is 0 Å². The van der Waals surface area contributed by atoms with Crippen LogP contribution in [0.4, 0.5) is 0 Å². The Kier molecular flexibility index (Phi) is 27.8. The highest BCUT2D eigenvalue weighted by atomic mass is 16.5. The average Bonchev–Trinajstić information content (AvgIpc) is 2.95. The number of carbonyl (C=O) groups is 3. The lowest BCUT2D eigenvalue weighted by Gasteiger charge is -2.18. The van der Waals surface area contributed by atoms with Crippen molar-refractivity contribution in [3.63, 3.8) is 0 Å². The maximum atomic E-state index is 12.5. The molecule has 0 fully saturated rings. The summed E-state index contributed by atoms with van der Waals surface area (Å²) in [5.74, 6) is -1.34. The van der Waals surface area contributed by atoms with Gasteiger partial charge in [0.25, 0.3) is 0 Å². The molecule has 4 N–H and O–H groups in total. The van der Waals surface area contributed by atoms with E-state index >= 15 is 0 Å². The van der Waals surface area contributed by atoms with Crippen LogP contribution in [0.3, 0.4) is 0 Å². The number of aliphatic carboxylic acids is 1. The molecule has 1 amide bonds. The SMILES string of the molecule is CCCC/C=C\C/C=C\CCCCCCCC(=O)OC(CCCCC)CCCCCC(=O)NC(CCCN)C(=O)O. The minimum atomic E-state index is -1.02. The van der Waals surface area contributed by atoms with Crippen molar-refractivity contribution in [3.8, 4) is 0 Å². The van der Waals surface area contributed by atoms with Crippen molar-refractivity contribution in [1.82, 2.24) is 5.32 Å². The third kappa shape index (κ3) is 26.5. The first kappa shape index (κ1) is 38.9. The molecule has 0 aromatic rings. The second-order valence-electron chi connectivity index (χ2n) is 11.2. The van der Waals surface area contributed by atoms with E-state index in [1.54, 1.807) is 0 Å². The molecular weight excluding hydrogens is 516 g/mol. The molecule has 7 heteroatoms. The van der Waals surface area contributed by atoms with E-state index in [1.807, 2.05) is 0 Å². The van der Waals surface area contributed by atoms with Crippen molar-refractivity contribution in [2.45, 2.75) is 167 Å². The number of carboxylic acid groups (broad SMARTS) is 1. The maximum Gasteiger partial charge on any atom is 0.326 e. The Morgan fingerprint density at radius 2 is 1.29 bits per heavy atom. The van der Waals surface area contributed by atoms with Crippen LogP contribution >= 0.6 is 0 Å². The van der Waals surface area contributed by atoms with Gasteiger partial charge in [-0.25, -0.2) is 4.79 Å². The van der Waals surface area contributed by atoms with Gasteiger partial charge in [-0.05, 0) is 83.6 Å². The zero-order chi connectivity index (χ0) is 30.4. The Morgan fingerprint density at radius 1 is 0.707 bits per heavy atom. The quantitative estimate of drug-likeness (QED) is 0.0468. The van der Waals surface area contributed by atoms with E-state index in [9.17, 15) is 19.5 Å². The number of allylic oxidation sites excluding steroid dienone is 4. The fourth-order valence-corrected chi connectivity index (χ4v) is 4.70. The molecule has 0 heterocycles. The van der Waals surface area contributed by atoms with E-state index in [1.165, 1.54) is 32.1 Å². The number of unbranched alkanes of at least 4 members (excludes halogenated alkanes) is 11. The van der Waals surface area contributed by atoms with Crippen LogP contribution in [0.15, 0.2) is 24.3 Å². The average molecular weight is 579 g/mol. The van der Waals surface area contributed by atoms with Gasteiger partial charge in [0.1, 0.15) is 12.1 Å². The molecule has 7 nitrogen and oxygen atoms in total. The maximum absolute atomic E-state index is 12.5. The number of amides is 1. The van der Waals surface area contributed by atoms with Crippen LogP contribution < -0.4 is 11.1 Å². The highest BCUT2D eigenvalue weighted by Crippen LogP contribution is 2.17. The van der Waals surface area contributed by atoms with Crippen LogP contribution in [0.25, 0.3) is 0 Å². The summed E-state index contributed by atoms with van der Waals surface area (Å²) in [6, 6.07) is -0.872. The summed E-state index contributed by atoms with van der Waals surface area (Å²) >= 11 is 0. The summed E-state index contributed by atoms with van der Waals surface area (Å²) in [5.41, 5.74) is 5.45. The highest BCUT2D eigenvalue weighted by molar-refractivity contribution is 5.83. The summed E-state index contributed by atoms with van der Waals surface area (Å²) in [5, 5.41) is 11.8. The molecule has 238 valence electrons. The lowest BCUT2D eigenvalue weighted by molar-refractivity contribution is -0.150. The first-order valence-corrected chi connectivity index (χ1v) is 16.7. The van der Waals surface area contributed by atoms with Gasteiger partial charge in [0, 0.05) is 12.8 Å². The van der Waals surface area contributed by atoms with E-state index in [0.717, 1.165) is 77.0 Å². The molecule has 2 unspecified atom stereocenters. The second kappa shape index (κ2) is 29.3. The fraction of sp³-hybridized carbons (Fsp3) is 0.794. The number of rotatable bonds is 29. The zero-order valence-corrected chi connectivity index (χ0v) is 26.4. The fourth-order valence-electron chi connectivity index (χ4n) is 4.70. The monoisotopic (exact) mass is 578 g/mol. The van der Waals surface area contributed by atoms with Gasteiger partial charge in [-0.3, -0.25) is 9.59 Å². The molecular formula is C34H62N2O5. The molecule has 0 aliphatic carbocycles. The Morgan fingerprint density at radius 3 is 1.95 bits per heavy atom. The van der Waals surface area contributed by atoms with E-state index in [0.29, 0.717) is 38.6 Å². The summed E-state index contributed by atoms with van der Waals surface area (Å²) in [6.45, 7) is 4.79. The normalized spacial score (nSPS) is 13.0. The third-order valence-corrected chi connectivity index (χ3v) is 7.27. The number of carbonyl (C=O) groups excluding carboxylic acids is 2. The van der Waals surface area contributed by atoms with E-state index < -0.39 is 12.0 Å². The molecule has 2 atom stereocenters. The summed E-state index contributed by atoms with van der Waals surface area (Å²) < 4.78 is 5.85. The molecule has 0 radical (unpaired) electrons. The number of hydrogen-bond acceptors (Lipinski definition) is 5. The van der Waals surface area contributed by atoms with Crippen molar-refractivity contribution in [1.29, 1.82) is 0 Å². The standard InChI is InChI=1S/C34H62N2O5/c1-3-5-7-8-9-10-11-12-13-14-15-16-17-22-28-33(38)41-30(24-19-6-4-2)25-20-18-21-27-32(37)36-31(34(39)40)26-23-29-35/h8-9,11-12,30-31H,3-7,10,13-29,35H2,1-2H3,(H,36,37)(H,39,40)/b9-8-,12-11-. The number of ether oxygens (including phenoxy) is 1.